The van der Waals surface area contributed by atoms with Gasteiger partial charge in [-0.05, 0) is 42.9 Å². The second-order valence-electron chi connectivity index (χ2n) is 7.50. The third-order valence-corrected chi connectivity index (χ3v) is 6.07. The molecule has 26 heavy (non-hydrogen) atoms. The number of nitrogens with zero attached hydrogens (tertiary/aromatic N) is 4. The molecule has 3 heterocycles. The van der Waals surface area contributed by atoms with Crippen LogP contribution in [0.3, 0.4) is 0 Å². The lowest BCUT2D eigenvalue weighted by Crippen LogP contribution is -2.41. The van der Waals surface area contributed by atoms with Crippen molar-refractivity contribution in [1.29, 1.82) is 0 Å². The Kier molecular flexibility index (Phi) is 4.44. The van der Waals surface area contributed by atoms with Crippen molar-refractivity contribution in [3.63, 3.8) is 0 Å². The Balaban J connectivity index is 1.82. The number of aryl methyl sites for hydroxylation is 1. The minimum absolute atomic E-state index is 0.130. The van der Waals surface area contributed by atoms with Crippen LogP contribution in [0.4, 0.5) is 4.39 Å². The first-order valence-corrected chi connectivity index (χ1v) is 9.78. The molecule has 3 aromatic rings. The molecule has 0 bridgehead atoms. The van der Waals surface area contributed by atoms with Gasteiger partial charge in [0.1, 0.15) is 11.6 Å². The van der Waals surface area contributed by atoms with Gasteiger partial charge in [-0.3, -0.25) is 4.90 Å². The van der Waals surface area contributed by atoms with Crippen molar-refractivity contribution >= 4 is 16.3 Å². The molecule has 1 aliphatic heterocycles. The molecule has 0 aliphatic carbocycles. The number of aromatic hydroxyl groups is 1. The summed E-state index contributed by atoms with van der Waals surface area (Å²) in [5.41, 5.74) is 0.976. The summed E-state index contributed by atoms with van der Waals surface area (Å²) in [5, 5.41) is 15.1. The third-order valence-electron chi connectivity index (χ3n) is 5.00. The quantitative estimate of drug-likeness (QED) is 0.753. The van der Waals surface area contributed by atoms with Gasteiger partial charge in [0.05, 0.1) is 10.9 Å². The maximum absolute atomic E-state index is 13.5. The van der Waals surface area contributed by atoms with E-state index in [-0.39, 0.29) is 17.7 Å². The molecule has 0 spiro atoms. The van der Waals surface area contributed by atoms with Crippen molar-refractivity contribution in [1.82, 2.24) is 19.5 Å². The molecule has 0 amide bonds. The second-order valence-corrected chi connectivity index (χ2v) is 8.51. The van der Waals surface area contributed by atoms with E-state index in [0.29, 0.717) is 22.6 Å². The van der Waals surface area contributed by atoms with Crippen molar-refractivity contribution in [3.05, 3.63) is 46.3 Å². The molecular weight excluding hydrogens is 351 g/mol. The van der Waals surface area contributed by atoms with Crippen LogP contribution in [-0.4, -0.2) is 37.7 Å². The molecule has 7 heteroatoms. The Morgan fingerprint density at radius 1 is 1.19 bits per heavy atom. The van der Waals surface area contributed by atoms with E-state index < -0.39 is 0 Å². The SMILES string of the molecule is Cc1nc2sc([C@H](c3ccc(F)cc3)N3C[C@H](C)C[C@@H](C)C3)c(O)n2n1. The van der Waals surface area contributed by atoms with Crippen LogP contribution in [0, 0.1) is 24.6 Å². The molecular formula is C19H23FN4OS. The fourth-order valence-electron chi connectivity index (χ4n) is 4.12. The van der Waals surface area contributed by atoms with Gasteiger partial charge in [0.15, 0.2) is 0 Å². The highest BCUT2D eigenvalue weighted by Gasteiger charge is 2.33. The second kappa shape index (κ2) is 6.63. The van der Waals surface area contributed by atoms with Gasteiger partial charge in [0.25, 0.3) is 0 Å². The van der Waals surface area contributed by atoms with E-state index in [1.807, 2.05) is 19.1 Å². The maximum atomic E-state index is 13.5. The summed E-state index contributed by atoms with van der Waals surface area (Å²) in [4.78, 5) is 8.28. The summed E-state index contributed by atoms with van der Waals surface area (Å²) in [5.74, 6) is 1.67. The number of likely N-dealkylation sites (tertiary alicyclic amines) is 1. The Hall–Kier alpha value is -1.99. The first-order valence-electron chi connectivity index (χ1n) is 8.97. The molecule has 4 rings (SSSR count). The summed E-state index contributed by atoms with van der Waals surface area (Å²) >= 11 is 1.45. The van der Waals surface area contributed by atoms with E-state index in [2.05, 4.69) is 28.8 Å². The fraction of sp³-hybridized carbons (Fsp3) is 0.474. The molecule has 0 unspecified atom stereocenters. The van der Waals surface area contributed by atoms with Gasteiger partial charge < -0.3 is 5.11 Å². The van der Waals surface area contributed by atoms with Gasteiger partial charge in [0.2, 0.25) is 10.8 Å². The minimum atomic E-state index is -0.254. The molecule has 1 aromatic carbocycles. The fourth-order valence-corrected chi connectivity index (χ4v) is 5.28. The first-order chi connectivity index (χ1) is 12.4. The molecule has 138 valence electrons. The lowest BCUT2D eigenvalue weighted by atomic mass is 9.89. The van der Waals surface area contributed by atoms with E-state index >= 15 is 0 Å². The first kappa shape index (κ1) is 17.4. The van der Waals surface area contributed by atoms with Crippen molar-refractivity contribution in [2.45, 2.75) is 33.2 Å². The normalized spacial score (nSPS) is 22.8. The molecule has 5 nitrogen and oxygen atoms in total. The maximum Gasteiger partial charge on any atom is 0.230 e. The van der Waals surface area contributed by atoms with Gasteiger partial charge in [-0.15, -0.1) is 5.10 Å². The number of halogens is 1. The van der Waals surface area contributed by atoms with Crippen molar-refractivity contribution in [3.8, 4) is 5.88 Å². The largest absolute Gasteiger partial charge is 0.492 e. The van der Waals surface area contributed by atoms with Gasteiger partial charge >= 0.3 is 0 Å². The number of hydrogen-bond donors (Lipinski definition) is 1. The summed E-state index contributed by atoms with van der Waals surface area (Å²) in [6.45, 7) is 8.22. The van der Waals surface area contributed by atoms with Crippen LogP contribution >= 0.6 is 11.3 Å². The Morgan fingerprint density at radius 3 is 2.46 bits per heavy atom. The van der Waals surface area contributed by atoms with Crippen molar-refractivity contribution in [2.75, 3.05) is 13.1 Å². The van der Waals surface area contributed by atoms with E-state index in [4.69, 9.17) is 0 Å². The summed E-state index contributed by atoms with van der Waals surface area (Å²) in [7, 11) is 0. The monoisotopic (exact) mass is 374 g/mol. The van der Waals surface area contributed by atoms with Crippen molar-refractivity contribution in [2.24, 2.45) is 11.8 Å². The summed E-state index contributed by atoms with van der Waals surface area (Å²) < 4.78 is 15.0. The number of benzene rings is 1. The van der Waals surface area contributed by atoms with E-state index in [0.717, 1.165) is 23.5 Å². The van der Waals surface area contributed by atoms with Gasteiger partial charge in [0, 0.05) is 13.1 Å². The zero-order chi connectivity index (χ0) is 18.4. The zero-order valence-electron chi connectivity index (χ0n) is 15.2. The number of rotatable bonds is 3. The number of hydrogen-bond acceptors (Lipinski definition) is 5. The number of thiazole rings is 1. The standard InChI is InChI=1S/C19H23FN4OS/c1-11-8-12(2)10-23(9-11)16(14-4-6-15(20)7-5-14)17-18(25)24-19(26-17)21-13(3)22-24/h4-7,11-12,16,25H,8-10H2,1-3H3/t11-,12-,16+/m1/s1. The van der Waals surface area contributed by atoms with Crippen molar-refractivity contribution < 1.29 is 9.50 Å². The molecule has 1 fully saturated rings. The minimum Gasteiger partial charge on any atom is -0.492 e. The lowest BCUT2D eigenvalue weighted by molar-refractivity contribution is 0.112. The molecule has 1 N–H and O–H groups in total. The van der Waals surface area contributed by atoms with E-state index in [1.165, 1.54) is 34.4 Å². The topological polar surface area (TPSA) is 53.7 Å². The average molecular weight is 374 g/mol. The smallest absolute Gasteiger partial charge is 0.230 e. The Morgan fingerprint density at radius 2 is 1.85 bits per heavy atom. The molecule has 1 saturated heterocycles. The summed E-state index contributed by atoms with van der Waals surface area (Å²) in [6, 6.07) is 6.46. The molecule has 0 radical (unpaired) electrons. The van der Waals surface area contributed by atoms with Crippen LogP contribution < -0.4 is 0 Å². The van der Waals surface area contributed by atoms with Gasteiger partial charge in [-0.25, -0.2) is 9.37 Å². The van der Waals surface area contributed by atoms with Crippen LogP contribution in [-0.2, 0) is 0 Å². The molecule has 3 atom stereocenters. The number of fused-ring (bicyclic) bond motifs is 1. The zero-order valence-corrected chi connectivity index (χ0v) is 16.0. The Bertz CT molecular complexity index is 910. The van der Waals surface area contributed by atoms with Gasteiger partial charge in [-0.1, -0.05) is 37.3 Å². The molecule has 2 aromatic heterocycles. The molecule has 1 aliphatic rings. The lowest BCUT2D eigenvalue weighted by Gasteiger charge is -2.40. The van der Waals surface area contributed by atoms with E-state index in [9.17, 15) is 9.50 Å². The van der Waals surface area contributed by atoms with E-state index in [1.54, 1.807) is 0 Å². The molecule has 0 saturated carbocycles. The highest BCUT2D eigenvalue weighted by Crippen LogP contribution is 2.41. The number of aromatic nitrogens is 3. The highest BCUT2D eigenvalue weighted by atomic mass is 32.1. The summed E-state index contributed by atoms with van der Waals surface area (Å²) in [6.07, 6.45) is 1.20. The predicted octanol–water partition coefficient (Wildman–Crippen LogP) is 4.01. The van der Waals surface area contributed by atoms with Crippen LogP contribution in [0.5, 0.6) is 5.88 Å². The van der Waals surface area contributed by atoms with Crippen LogP contribution in [0.15, 0.2) is 24.3 Å². The average Bonchev–Trinajstić information content (AvgIpc) is 3.07. The Labute approximate surface area is 156 Å². The van der Waals surface area contributed by atoms with Gasteiger partial charge in [-0.2, -0.15) is 4.52 Å². The number of piperidine rings is 1. The predicted molar refractivity (Wildman–Crippen MR) is 100 cm³/mol. The van der Waals surface area contributed by atoms with Crippen LogP contribution in [0.25, 0.3) is 4.96 Å². The highest BCUT2D eigenvalue weighted by molar-refractivity contribution is 7.17. The van der Waals surface area contributed by atoms with Crippen LogP contribution in [0.1, 0.15) is 42.6 Å². The van der Waals surface area contributed by atoms with Crippen LogP contribution in [0.2, 0.25) is 0 Å². The third kappa shape index (κ3) is 3.10.